The van der Waals surface area contributed by atoms with Gasteiger partial charge in [0.15, 0.2) is 0 Å². The highest BCUT2D eigenvalue weighted by Gasteiger charge is 2.17. The Morgan fingerprint density at radius 3 is 2.61 bits per heavy atom. The Bertz CT molecular complexity index is 388. The quantitative estimate of drug-likeness (QED) is 0.874. The van der Waals surface area contributed by atoms with Crippen LogP contribution in [0.15, 0.2) is 22.7 Å². The molecule has 1 aromatic carbocycles. The number of rotatable bonds is 6. The van der Waals surface area contributed by atoms with Crippen LogP contribution in [0, 0.1) is 12.3 Å². The van der Waals surface area contributed by atoms with Gasteiger partial charge in [0.25, 0.3) is 0 Å². The van der Waals surface area contributed by atoms with Crippen molar-refractivity contribution in [3.05, 3.63) is 33.8 Å². The summed E-state index contributed by atoms with van der Waals surface area (Å²) < 4.78 is 1.16. The normalized spacial score (nSPS) is 12.2. The molecule has 1 aromatic rings. The lowest BCUT2D eigenvalue weighted by Crippen LogP contribution is -2.37. The first kappa shape index (κ1) is 15.7. The van der Waals surface area contributed by atoms with Gasteiger partial charge in [0.1, 0.15) is 0 Å². The lowest BCUT2D eigenvalue weighted by molar-refractivity contribution is 0.217. The maximum Gasteiger partial charge on any atom is 0.0178 e. The maximum atomic E-state index is 5.77. The monoisotopic (exact) mass is 312 g/mol. The molecule has 2 N–H and O–H groups in total. The zero-order chi connectivity index (χ0) is 13.8. The van der Waals surface area contributed by atoms with E-state index in [1.165, 1.54) is 11.1 Å². The third-order valence-electron chi connectivity index (χ3n) is 3.32. The van der Waals surface area contributed by atoms with E-state index in [1.807, 2.05) is 0 Å². The first-order chi connectivity index (χ1) is 8.34. The summed E-state index contributed by atoms with van der Waals surface area (Å²) in [6, 6.07) is 6.49. The molecule has 0 atom stereocenters. The standard InChI is InChI=1S/C15H25BrN2/c1-12-5-6-14(16)9-13(12)7-8-18(4)11-15(2,3)10-17/h5-6,9H,7-8,10-11,17H2,1-4H3. The molecule has 0 saturated carbocycles. The molecule has 102 valence electrons. The van der Waals surface area contributed by atoms with E-state index in [-0.39, 0.29) is 5.41 Å². The van der Waals surface area contributed by atoms with Crippen LogP contribution in [0.25, 0.3) is 0 Å². The van der Waals surface area contributed by atoms with Gasteiger partial charge in [-0.15, -0.1) is 0 Å². The van der Waals surface area contributed by atoms with Crippen molar-refractivity contribution in [1.82, 2.24) is 4.90 Å². The van der Waals surface area contributed by atoms with E-state index in [2.05, 4.69) is 66.8 Å². The number of halogens is 1. The smallest absolute Gasteiger partial charge is 0.0178 e. The molecular weight excluding hydrogens is 288 g/mol. The van der Waals surface area contributed by atoms with Gasteiger partial charge in [-0.05, 0) is 55.6 Å². The molecule has 2 nitrogen and oxygen atoms in total. The second kappa shape index (κ2) is 6.69. The lowest BCUT2D eigenvalue weighted by Gasteiger charge is -2.29. The van der Waals surface area contributed by atoms with Gasteiger partial charge in [-0.2, -0.15) is 0 Å². The van der Waals surface area contributed by atoms with E-state index in [0.717, 1.165) is 30.5 Å². The molecule has 0 spiro atoms. The van der Waals surface area contributed by atoms with E-state index in [1.54, 1.807) is 0 Å². The molecule has 0 aliphatic heterocycles. The fourth-order valence-electron chi connectivity index (χ4n) is 2.09. The van der Waals surface area contributed by atoms with Crippen LogP contribution in [0.5, 0.6) is 0 Å². The molecule has 0 bridgehead atoms. The van der Waals surface area contributed by atoms with Gasteiger partial charge >= 0.3 is 0 Å². The number of benzene rings is 1. The fraction of sp³-hybridized carbons (Fsp3) is 0.600. The second-order valence-electron chi connectivity index (χ2n) is 5.93. The molecule has 0 aliphatic rings. The first-order valence-corrected chi connectivity index (χ1v) is 7.27. The Kier molecular flexibility index (Phi) is 5.83. The van der Waals surface area contributed by atoms with Crippen molar-refractivity contribution in [2.75, 3.05) is 26.7 Å². The Morgan fingerprint density at radius 2 is 2.00 bits per heavy atom. The zero-order valence-electron chi connectivity index (χ0n) is 12.0. The van der Waals surface area contributed by atoms with Crippen molar-refractivity contribution in [1.29, 1.82) is 0 Å². The molecule has 3 heteroatoms. The van der Waals surface area contributed by atoms with Crippen molar-refractivity contribution in [2.24, 2.45) is 11.1 Å². The van der Waals surface area contributed by atoms with E-state index in [4.69, 9.17) is 5.73 Å². The molecule has 0 radical (unpaired) electrons. The Hall–Kier alpha value is -0.380. The molecule has 0 heterocycles. The summed E-state index contributed by atoms with van der Waals surface area (Å²) in [4.78, 5) is 2.37. The third-order valence-corrected chi connectivity index (χ3v) is 3.82. The average molecular weight is 313 g/mol. The number of hydrogen-bond acceptors (Lipinski definition) is 2. The van der Waals surface area contributed by atoms with Crippen molar-refractivity contribution >= 4 is 15.9 Å². The minimum absolute atomic E-state index is 0.196. The van der Waals surface area contributed by atoms with Gasteiger partial charge < -0.3 is 10.6 Å². The minimum Gasteiger partial charge on any atom is -0.330 e. The van der Waals surface area contributed by atoms with Gasteiger partial charge in [-0.25, -0.2) is 0 Å². The number of nitrogens with zero attached hydrogens (tertiary/aromatic N) is 1. The van der Waals surface area contributed by atoms with Crippen molar-refractivity contribution in [3.63, 3.8) is 0 Å². The Labute approximate surface area is 120 Å². The fourth-order valence-corrected chi connectivity index (χ4v) is 2.50. The summed E-state index contributed by atoms with van der Waals surface area (Å²) in [5, 5.41) is 0. The van der Waals surface area contributed by atoms with Crippen LogP contribution >= 0.6 is 15.9 Å². The van der Waals surface area contributed by atoms with E-state index in [0.29, 0.717) is 0 Å². The molecule has 0 unspecified atom stereocenters. The molecule has 1 rings (SSSR count). The molecule has 18 heavy (non-hydrogen) atoms. The van der Waals surface area contributed by atoms with Crippen molar-refractivity contribution in [2.45, 2.75) is 27.2 Å². The summed E-state index contributed by atoms with van der Waals surface area (Å²) in [6.07, 6.45) is 1.09. The molecule has 0 amide bonds. The van der Waals surface area contributed by atoms with E-state index >= 15 is 0 Å². The number of aryl methyl sites for hydroxylation is 1. The van der Waals surface area contributed by atoms with Crippen LogP contribution in [0.2, 0.25) is 0 Å². The summed E-state index contributed by atoms with van der Waals surface area (Å²) in [5.74, 6) is 0. The Morgan fingerprint density at radius 1 is 1.33 bits per heavy atom. The van der Waals surface area contributed by atoms with Gasteiger partial charge in [-0.3, -0.25) is 0 Å². The van der Waals surface area contributed by atoms with Gasteiger partial charge in [0.05, 0.1) is 0 Å². The van der Waals surface area contributed by atoms with Crippen molar-refractivity contribution in [3.8, 4) is 0 Å². The highest BCUT2D eigenvalue weighted by Crippen LogP contribution is 2.18. The van der Waals surface area contributed by atoms with Gasteiger partial charge in [0, 0.05) is 17.6 Å². The maximum absolute atomic E-state index is 5.77. The van der Waals surface area contributed by atoms with Crippen molar-refractivity contribution < 1.29 is 0 Å². The molecule has 0 aliphatic carbocycles. The van der Waals surface area contributed by atoms with Gasteiger partial charge in [0.2, 0.25) is 0 Å². The van der Waals surface area contributed by atoms with Crippen LogP contribution in [-0.4, -0.2) is 31.6 Å². The third kappa shape index (κ3) is 5.09. The second-order valence-corrected chi connectivity index (χ2v) is 6.84. The zero-order valence-corrected chi connectivity index (χ0v) is 13.5. The highest BCUT2D eigenvalue weighted by atomic mass is 79.9. The summed E-state index contributed by atoms with van der Waals surface area (Å²) in [6.45, 7) is 9.44. The molecule has 0 aromatic heterocycles. The van der Waals surface area contributed by atoms with Crippen LogP contribution in [0.4, 0.5) is 0 Å². The van der Waals surface area contributed by atoms with Gasteiger partial charge in [-0.1, -0.05) is 35.8 Å². The first-order valence-electron chi connectivity index (χ1n) is 6.48. The number of likely N-dealkylation sites (N-methyl/N-ethyl adjacent to an activating group) is 1. The highest BCUT2D eigenvalue weighted by molar-refractivity contribution is 9.10. The summed E-state index contributed by atoms with van der Waals surface area (Å²) in [7, 11) is 2.17. The molecular formula is C15H25BrN2. The number of hydrogen-bond donors (Lipinski definition) is 1. The molecule has 0 fully saturated rings. The van der Waals surface area contributed by atoms with Crippen LogP contribution < -0.4 is 5.73 Å². The average Bonchev–Trinajstić information content (AvgIpc) is 2.30. The molecule has 0 saturated heterocycles. The minimum atomic E-state index is 0.196. The van der Waals surface area contributed by atoms with E-state index < -0.39 is 0 Å². The lowest BCUT2D eigenvalue weighted by atomic mass is 9.93. The predicted molar refractivity (Wildman–Crippen MR) is 82.9 cm³/mol. The number of nitrogens with two attached hydrogens (primary N) is 1. The van der Waals surface area contributed by atoms with Crippen LogP contribution in [0.3, 0.4) is 0 Å². The topological polar surface area (TPSA) is 29.3 Å². The predicted octanol–water partition coefficient (Wildman–Crippen LogP) is 3.22. The summed E-state index contributed by atoms with van der Waals surface area (Å²) >= 11 is 3.53. The van der Waals surface area contributed by atoms with Crippen LogP contribution in [0.1, 0.15) is 25.0 Å². The summed E-state index contributed by atoms with van der Waals surface area (Å²) in [5.41, 5.74) is 8.75. The Balaban J connectivity index is 2.52. The SMILES string of the molecule is Cc1ccc(Br)cc1CCN(C)CC(C)(C)CN. The van der Waals surface area contributed by atoms with Crippen LogP contribution in [-0.2, 0) is 6.42 Å². The largest absolute Gasteiger partial charge is 0.330 e. The van der Waals surface area contributed by atoms with E-state index in [9.17, 15) is 0 Å².